The maximum atomic E-state index is 11.3. The van der Waals surface area contributed by atoms with Gasteiger partial charge in [-0.05, 0) is 54.7 Å². The lowest BCUT2D eigenvalue weighted by atomic mass is 9.84. The van der Waals surface area contributed by atoms with Crippen LogP contribution < -0.4 is 0 Å². The van der Waals surface area contributed by atoms with Crippen molar-refractivity contribution in [2.75, 3.05) is 0 Å². The van der Waals surface area contributed by atoms with E-state index in [4.69, 9.17) is 0 Å². The van der Waals surface area contributed by atoms with Gasteiger partial charge >= 0.3 is 0 Å². The van der Waals surface area contributed by atoms with Crippen LogP contribution in [-0.4, -0.2) is 13.0 Å². The Morgan fingerprint density at radius 2 is 2.00 bits per heavy atom. The van der Waals surface area contributed by atoms with E-state index in [1.54, 1.807) is 13.0 Å². The van der Waals surface area contributed by atoms with E-state index in [2.05, 4.69) is 12.2 Å². The van der Waals surface area contributed by atoms with Crippen LogP contribution in [-0.2, 0) is 10.1 Å². The Hall–Kier alpha value is -1.13. The molecule has 0 heterocycles. The smallest absolute Gasteiger partial charge is 0.282 e. The lowest BCUT2D eigenvalue weighted by molar-refractivity contribution is 0.482. The minimum Gasteiger partial charge on any atom is -0.282 e. The molecule has 4 heteroatoms. The van der Waals surface area contributed by atoms with E-state index in [1.165, 1.54) is 12.5 Å². The van der Waals surface area contributed by atoms with Gasteiger partial charge in [0.05, 0.1) is 4.90 Å². The highest BCUT2D eigenvalue weighted by Gasteiger charge is 2.37. The average molecular weight is 264 g/mol. The van der Waals surface area contributed by atoms with E-state index in [0.29, 0.717) is 23.3 Å². The first kappa shape index (κ1) is 11.9. The fraction of sp³-hybridized carbons (Fsp3) is 0.429. The van der Waals surface area contributed by atoms with Crippen LogP contribution in [0.3, 0.4) is 0 Å². The molecule has 3 rings (SSSR count). The van der Waals surface area contributed by atoms with Gasteiger partial charge in [0.15, 0.2) is 0 Å². The number of rotatable bonds is 2. The normalized spacial score (nSPS) is 30.0. The summed E-state index contributed by atoms with van der Waals surface area (Å²) in [4.78, 5) is 0.0479. The van der Waals surface area contributed by atoms with Crippen molar-refractivity contribution in [1.29, 1.82) is 0 Å². The monoisotopic (exact) mass is 264 g/mol. The third-order valence-electron chi connectivity index (χ3n) is 4.28. The van der Waals surface area contributed by atoms with Gasteiger partial charge in [0.1, 0.15) is 0 Å². The molecule has 2 aliphatic carbocycles. The topological polar surface area (TPSA) is 54.4 Å². The molecule has 96 valence electrons. The molecule has 2 bridgehead atoms. The molecule has 1 fully saturated rings. The van der Waals surface area contributed by atoms with Gasteiger partial charge < -0.3 is 0 Å². The molecule has 3 unspecified atom stereocenters. The molecule has 2 aliphatic rings. The summed E-state index contributed by atoms with van der Waals surface area (Å²) in [6.07, 6.45) is 6.79. The molecule has 0 amide bonds. The van der Waals surface area contributed by atoms with Crippen molar-refractivity contribution in [3.05, 3.63) is 41.5 Å². The third-order valence-corrected chi connectivity index (χ3v) is 5.28. The van der Waals surface area contributed by atoms with Crippen molar-refractivity contribution in [2.45, 2.75) is 30.6 Å². The summed E-state index contributed by atoms with van der Waals surface area (Å²) in [6.45, 7) is 1.79. The van der Waals surface area contributed by atoms with Crippen LogP contribution in [0.4, 0.5) is 0 Å². The lowest BCUT2D eigenvalue weighted by Crippen LogP contribution is -2.10. The van der Waals surface area contributed by atoms with Crippen LogP contribution in [0.15, 0.2) is 35.2 Å². The Morgan fingerprint density at radius 3 is 2.56 bits per heavy atom. The van der Waals surface area contributed by atoms with Crippen LogP contribution in [0, 0.1) is 18.8 Å². The molecule has 18 heavy (non-hydrogen) atoms. The Labute approximate surface area is 107 Å². The first-order valence-corrected chi connectivity index (χ1v) is 7.66. The van der Waals surface area contributed by atoms with Gasteiger partial charge in [-0.15, -0.1) is 0 Å². The van der Waals surface area contributed by atoms with Gasteiger partial charge in [-0.2, -0.15) is 8.42 Å². The molecule has 0 radical (unpaired) electrons. The molecule has 3 atom stereocenters. The second-order valence-electron chi connectivity index (χ2n) is 5.33. The molecule has 0 spiro atoms. The van der Waals surface area contributed by atoms with E-state index < -0.39 is 10.1 Å². The zero-order chi connectivity index (χ0) is 12.9. The molecule has 0 aromatic heterocycles. The predicted octanol–water partition coefficient (Wildman–Crippen LogP) is 2.92. The molecule has 1 N–H and O–H groups in total. The van der Waals surface area contributed by atoms with Crippen molar-refractivity contribution in [3.8, 4) is 0 Å². The Bertz CT molecular complexity index is 616. The highest BCUT2D eigenvalue weighted by molar-refractivity contribution is 7.85. The average Bonchev–Trinajstić information content (AvgIpc) is 2.89. The summed E-state index contributed by atoms with van der Waals surface area (Å²) in [5.41, 5.74) is 1.77. The number of allylic oxidation sites excluding steroid dienone is 2. The highest BCUT2D eigenvalue weighted by Crippen LogP contribution is 2.49. The molecule has 1 aromatic carbocycles. The van der Waals surface area contributed by atoms with Crippen LogP contribution in [0.25, 0.3) is 0 Å². The second kappa shape index (κ2) is 3.93. The van der Waals surface area contributed by atoms with Crippen molar-refractivity contribution in [2.24, 2.45) is 11.8 Å². The predicted molar refractivity (Wildman–Crippen MR) is 69.1 cm³/mol. The Morgan fingerprint density at radius 1 is 1.22 bits per heavy atom. The summed E-state index contributed by atoms with van der Waals surface area (Å²) in [6, 6.07) is 5.18. The molecular formula is C14H16O3S. The Balaban J connectivity index is 2.06. The van der Waals surface area contributed by atoms with E-state index in [9.17, 15) is 13.0 Å². The van der Waals surface area contributed by atoms with Crippen molar-refractivity contribution >= 4 is 10.1 Å². The summed E-state index contributed by atoms with van der Waals surface area (Å²) < 4.78 is 31.9. The standard InChI is InChI=1S/C14H16O3S/c1-9-12(3-2-4-14(9)18(15,16)17)13-8-10-5-6-11(13)7-10/h2-6,10-11,13H,7-8H2,1H3,(H,15,16,17). The maximum absolute atomic E-state index is 11.3. The molecular weight excluding hydrogens is 248 g/mol. The van der Waals surface area contributed by atoms with Crippen LogP contribution in [0.1, 0.15) is 29.9 Å². The summed E-state index contributed by atoms with van der Waals surface area (Å²) in [5, 5.41) is 0. The largest absolute Gasteiger partial charge is 0.294 e. The zero-order valence-corrected chi connectivity index (χ0v) is 11.0. The van der Waals surface area contributed by atoms with Gasteiger partial charge in [-0.25, -0.2) is 0 Å². The molecule has 1 saturated carbocycles. The fourth-order valence-corrected chi connectivity index (χ4v) is 4.21. The number of hydrogen-bond acceptors (Lipinski definition) is 2. The summed E-state index contributed by atoms with van der Waals surface area (Å²) in [7, 11) is -4.12. The number of benzene rings is 1. The SMILES string of the molecule is Cc1c(C2CC3C=CC2C3)cccc1S(=O)(=O)O. The minimum absolute atomic E-state index is 0.0479. The first-order chi connectivity index (χ1) is 8.47. The maximum Gasteiger partial charge on any atom is 0.294 e. The zero-order valence-electron chi connectivity index (χ0n) is 10.2. The van der Waals surface area contributed by atoms with Gasteiger partial charge in [0.2, 0.25) is 0 Å². The van der Waals surface area contributed by atoms with E-state index in [0.717, 1.165) is 12.0 Å². The summed E-state index contributed by atoms with van der Waals surface area (Å²) >= 11 is 0. The van der Waals surface area contributed by atoms with E-state index in [1.807, 2.05) is 6.07 Å². The molecule has 0 aliphatic heterocycles. The number of fused-ring (bicyclic) bond motifs is 2. The van der Waals surface area contributed by atoms with Gasteiger partial charge in [0, 0.05) is 0 Å². The van der Waals surface area contributed by atoms with Crippen LogP contribution >= 0.6 is 0 Å². The Kier molecular flexibility index (Phi) is 2.61. The highest BCUT2D eigenvalue weighted by atomic mass is 32.2. The molecule has 0 saturated heterocycles. The van der Waals surface area contributed by atoms with Gasteiger partial charge in [-0.3, -0.25) is 4.55 Å². The quantitative estimate of drug-likeness (QED) is 0.660. The first-order valence-electron chi connectivity index (χ1n) is 6.22. The molecule has 3 nitrogen and oxygen atoms in total. The fourth-order valence-electron chi connectivity index (χ4n) is 3.45. The van der Waals surface area contributed by atoms with Gasteiger partial charge in [0.25, 0.3) is 10.1 Å². The third kappa shape index (κ3) is 1.80. The minimum atomic E-state index is -4.12. The van der Waals surface area contributed by atoms with Gasteiger partial charge in [-0.1, -0.05) is 24.3 Å². The van der Waals surface area contributed by atoms with Crippen molar-refractivity contribution < 1.29 is 13.0 Å². The van der Waals surface area contributed by atoms with Crippen LogP contribution in [0.5, 0.6) is 0 Å². The van der Waals surface area contributed by atoms with Crippen molar-refractivity contribution in [3.63, 3.8) is 0 Å². The van der Waals surface area contributed by atoms with Crippen LogP contribution in [0.2, 0.25) is 0 Å². The summed E-state index contributed by atoms with van der Waals surface area (Å²) in [5.74, 6) is 1.58. The second-order valence-corrected chi connectivity index (χ2v) is 6.72. The molecule has 1 aromatic rings. The van der Waals surface area contributed by atoms with Crippen molar-refractivity contribution in [1.82, 2.24) is 0 Å². The van der Waals surface area contributed by atoms with E-state index >= 15 is 0 Å². The number of hydrogen-bond donors (Lipinski definition) is 1. The lowest BCUT2D eigenvalue weighted by Gasteiger charge is -2.21. The van der Waals surface area contributed by atoms with E-state index in [-0.39, 0.29) is 4.90 Å².